The summed E-state index contributed by atoms with van der Waals surface area (Å²) in [6, 6.07) is -1.41. The molecule has 0 aliphatic carbocycles. The first-order valence-corrected chi connectivity index (χ1v) is 2.97. The molecular formula is C6H11NO4. The number of carboxylic acid groups (broad SMARTS) is 2. The van der Waals surface area contributed by atoms with E-state index in [-0.39, 0.29) is 0 Å². The van der Waals surface area contributed by atoms with Crippen molar-refractivity contribution in [3.8, 4) is 0 Å². The number of aliphatic carboxylic acids is 2. The minimum Gasteiger partial charge on any atom is -0.481 e. The van der Waals surface area contributed by atoms with Gasteiger partial charge < -0.3 is 15.5 Å². The Hall–Kier alpha value is -1.10. The summed E-state index contributed by atoms with van der Waals surface area (Å²) in [6.07, 6.45) is 0. The first kappa shape index (κ1) is 8.00. The van der Waals surface area contributed by atoms with Crippen LogP contribution in [0, 0.1) is 5.89 Å². The van der Waals surface area contributed by atoms with Gasteiger partial charge in [-0.05, 0) is 14.0 Å². The molecule has 64 valence electrons. The van der Waals surface area contributed by atoms with Crippen LogP contribution in [-0.2, 0) is 9.59 Å². The first-order valence-electron chi connectivity index (χ1n) is 3.47. The van der Waals surface area contributed by atoms with Gasteiger partial charge in [-0.1, -0.05) is 0 Å². The predicted molar refractivity (Wildman–Crippen MR) is 37.3 cm³/mol. The van der Waals surface area contributed by atoms with Crippen LogP contribution in [0.25, 0.3) is 0 Å². The summed E-state index contributed by atoms with van der Waals surface area (Å²) >= 11 is 0. The largest absolute Gasteiger partial charge is 0.481 e. The second-order valence-corrected chi connectivity index (χ2v) is 2.05. The molecular weight excluding hydrogens is 150 g/mol. The number of carboxylic acids is 2. The molecule has 0 fully saturated rings. The predicted octanol–water partition coefficient (Wildman–Crippen LogP) is -0.620. The van der Waals surface area contributed by atoms with Crippen LogP contribution < -0.4 is 5.32 Å². The quantitative estimate of drug-likeness (QED) is 0.513. The highest BCUT2D eigenvalue weighted by atomic mass is 16.4. The molecule has 0 radical (unpaired) electrons. The summed E-state index contributed by atoms with van der Waals surface area (Å²) in [4.78, 5) is 20.9. The van der Waals surface area contributed by atoms with Gasteiger partial charge in [-0.25, -0.2) is 0 Å². The van der Waals surface area contributed by atoms with Crippen LogP contribution in [0.3, 0.4) is 0 Å². The van der Waals surface area contributed by atoms with Crippen molar-refractivity contribution < 1.29 is 21.2 Å². The van der Waals surface area contributed by atoms with E-state index in [1.165, 1.54) is 7.05 Å². The normalized spacial score (nSPS) is 19.6. The molecule has 0 spiro atoms. The summed E-state index contributed by atoms with van der Waals surface area (Å²) < 4.78 is 7.23. The Bertz CT molecular complexity index is 204. The van der Waals surface area contributed by atoms with Crippen molar-refractivity contribution in [2.45, 2.75) is 13.0 Å². The van der Waals surface area contributed by atoms with E-state index in [4.69, 9.17) is 11.6 Å². The van der Waals surface area contributed by atoms with Crippen molar-refractivity contribution in [2.75, 3.05) is 7.05 Å². The van der Waals surface area contributed by atoms with Gasteiger partial charge in [-0.2, -0.15) is 0 Å². The minimum atomic E-state index is -2.05. The number of hydrogen-bond acceptors (Lipinski definition) is 3. The number of carbonyl (C=O) groups is 2. The Morgan fingerprint density at radius 3 is 2.00 bits per heavy atom. The van der Waals surface area contributed by atoms with Gasteiger partial charge in [0.15, 0.2) is 0 Å². The SMILES string of the molecule is [2H][C@@](C)(C(=O)O)[C@H](NC)C(=O)O. The molecule has 0 amide bonds. The highest BCUT2D eigenvalue weighted by Gasteiger charge is 2.27. The zero-order valence-corrected chi connectivity index (χ0v) is 6.29. The van der Waals surface area contributed by atoms with Gasteiger partial charge in [0.05, 0.1) is 5.89 Å². The number of hydrogen-bond donors (Lipinski definition) is 3. The summed E-state index contributed by atoms with van der Waals surface area (Å²) in [5.41, 5.74) is 0. The standard InChI is InChI=1S/C6H11NO4/c1-3(5(8)9)4(7-2)6(10)11/h3-4,7H,1-2H3,(H,8,9)(H,10,11)/t3-,4-/m0/s1/i3D. The Morgan fingerprint density at radius 1 is 1.45 bits per heavy atom. The molecule has 5 nitrogen and oxygen atoms in total. The van der Waals surface area contributed by atoms with Gasteiger partial charge in [0.25, 0.3) is 0 Å². The van der Waals surface area contributed by atoms with E-state index >= 15 is 0 Å². The topological polar surface area (TPSA) is 86.6 Å². The molecule has 0 aliphatic heterocycles. The zero-order chi connectivity index (χ0) is 9.94. The van der Waals surface area contributed by atoms with Gasteiger partial charge in [-0.3, -0.25) is 9.59 Å². The maximum atomic E-state index is 10.4. The van der Waals surface area contributed by atoms with Gasteiger partial charge in [-0.15, -0.1) is 0 Å². The summed E-state index contributed by atoms with van der Waals surface area (Å²) in [7, 11) is 1.30. The molecule has 0 aromatic carbocycles. The molecule has 0 aromatic heterocycles. The second-order valence-electron chi connectivity index (χ2n) is 2.05. The Kier molecular flexibility index (Phi) is 2.85. The average Bonchev–Trinajstić information content (AvgIpc) is 1.86. The van der Waals surface area contributed by atoms with E-state index in [0.717, 1.165) is 6.92 Å². The van der Waals surface area contributed by atoms with Crippen molar-refractivity contribution >= 4 is 11.9 Å². The number of rotatable bonds is 4. The van der Waals surface area contributed by atoms with Crippen LogP contribution >= 0.6 is 0 Å². The molecule has 0 aromatic rings. The Balaban J connectivity index is 4.71. The molecule has 0 unspecified atom stereocenters. The third-order valence-electron chi connectivity index (χ3n) is 1.31. The van der Waals surface area contributed by atoms with E-state index in [1.54, 1.807) is 0 Å². The minimum absolute atomic E-state index is 1.03. The molecule has 0 heterocycles. The lowest BCUT2D eigenvalue weighted by molar-refractivity contribution is -0.150. The van der Waals surface area contributed by atoms with Crippen LogP contribution in [0.4, 0.5) is 0 Å². The third kappa shape index (κ3) is 2.55. The van der Waals surface area contributed by atoms with E-state index in [1.807, 2.05) is 0 Å². The van der Waals surface area contributed by atoms with E-state index < -0.39 is 23.9 Å². The lowest BCUT2D eigenvalue weighted by atomic mass is 10.0. The van der Waals surface area contributed by atoms with Gasteiger partial charge in [0.2, 0.25) is 0 Å². The molecule has 0 saturated heterocycles. The Morgan fingerprint density at radius 2 is 1.91 bits per heavy atom. The van der Waals surface area contributed by atoms with Gasteiger partial charge in [0, 0.05) is 1.37 Å². The van der Waals surface area contributed by atoms with Crippen molar-refractivity contribution in [3.05, 3.63) is 0 Å². The fourth-order valence-electron chi connectivity index (χ4n) is 0.649. The maximum absolute atomic E-state index is 10.4. The molecule has 0 rings (SSSR count). The Labute approximate surface area is 65.4 Å². The lowest BCUT2D eigenvalue weighted by Crippen LogP contribution is -2.42. The molecule has 3 N–H and O–H groups in total. The van der Waals surface area contributed by atoms with Crippen LogP contribution in [-0.4, -0.2) is 35.2 Å². The maximum Gasteiger partial charge on any atom is 0.321 e. The summed E-state index contributed by atoms with van der Waals surface area (Å²) in [5.74, 6) is -4.87. The van der Waals surface area contributed by atoms with Crippen molar-refractivity contribution in [1.82, 2.24) is 5.32 Å². The van der Waals surface area contributed by atoms with Crippen LogP contribution in [0.15, 0.2) is 0 Å². The zero-order valence-electron chi connectivity index (χ0n) is 7.29. The van der Waals surface area contributed by atoms with E-state index in [2.05, 4.69) is 5.32 Å². The summed E-state index contributed by atoms with van der Waals surface area (Å²) in [6.45, 7) is 1.03. The molecule has 11 heavy (non-hydrogen) atoms. The molecule has 5 heteroatoms. The van der Waals surface area contributed by atoms with Crippen molar-refractivity contribution in [1.29, 1.82) is 0 Å². The smallest absolute Gasteiger partial charge is 0.321 e. The van der Waals surface area contributed by atoms with Crippen LogP contribution in [0.5, 0.6) is 0 Å². The highest BCUT2D eigenvalue weighted by molar-refractivity contribution is 5.82. The third-order valence-corrected chi connectivity index (χ3v) is 1.31. The van der Waals surface area contributed by atoms with Crippen molar-refractivity contribution in [3.63, 3.8) is 0 Å². The highest BCUT2D eigenvalue weighted by Crippen LogP contribution is 2.02. The number of nitrogens with one attached hydrogen (secondary N) is 1. The molecule has 0 bridgehead atoms. The second kappa shape index (κ2) is 3.92. The first-order chi connectivity index (χ1) is 5.34. The number of likely N-dealkylation sites (N-methyl/N-ethyl adjacent to an activating group) is 1. The van der Waals surface area contributed by atoms with Gasteiger partial charge >= 0.3 is 11.9 Å². The van der Waals surface area contributed by atoms with Crippen LogP contribution in [0.1, 0.15) is 8.29 Å². The fraction of sp³-hybridized carbons (Fsp3) is 0.667. The van der Waals surface area contributed by atoms with Gasteiger partial charge in [0.1, 0.15) is 6.04 Å². The lowest BCUT2D eigenvalue weighted by Gasteiger charge is -2.14. The van der Waals surface area contributed by atoms with E-state index in [0.29, 0.717) is 0 Å². The fourth-order valence-corrected chi connectivity index (χ4v) is 0.649. The van der Waals surface area contributed by atoms with Crippen molar-refractivity contribution in [2.24, 2.45) is 5.89 Å². The van der Waals surface area contributed by atoms with Crippen LogP contribution in [0.2, 0.25) is 0 Å². The molecule has 0 aliphatic rings. The van der Waals surface area contributed by atoms with E-state index in [9.17, 15) is 9.59 Å². The molecule has 0 saturated carbocycles. The monoisotopic (exact) mass is 162 g/mol. The molecule has 2 atom stereocenters. The summed E-state index contributed by atoms with van der Waals surface area (Å²) in [5, 5.41) is 19.3. The average molecular weight is 162 g/mol.